The highest BCUT2D eigenvalue weighted by atomic mass is 19.4. The highest BCUT2D eigenvalue weighted by molar-refractivity contribution is 5.85. The fraction of sp³-hybridized carbons (Fsp3) is 0.269. The molecule has 36 heavy (non-hydrogen) atoms. The van der Waals surface area contributed by atoms with Crippen LogP contribution in [0, 0.1) is 22.7 Å². The summed E-state index contributed by atoms with van der Waals surface area (Å²) in [5, 5.41) is 20.7. The minimum absolute atomic E-state index is 0.0291. The van der Waals surface area contributed by atoms with Gasteiger partial charge in [0.2, 0.25) is 11.7 Å². The van der Waals surface area contributed by atoms with Gasteiger partial charge in [0.1, 0.15) is 11.9 Å². The first-order chi connectivity index (χ1) is 17.3. The van der Waals surface area contributed by atoms with E-state index in [2.05, 4.69) is 15.3 Å². The summed E-state index contributed by atoms with van der Waals surface area (Å²) < 4.78 is 40.9. The van der Waals surface area contributed by atoms with E-state index in [1.165, 1.54) is 30.3 Å². The summed E-state index contributed by atoms with van der Waals surface area (Å²) in [7, 11) is 0. The van der Waals surface area contributed by atoms with Crippen LogP contribution in [0.25, 0.3) is 11.3 Å². The molecule has 2 heterocycles. The number of nitrogens with zero attached hydrogens (tertiary/aromatic N) is 5. The summed E-state index contributed by atoms with van der Waals surface area (Å²) in [6, 6.07) is 17.9. The quantitative estimate of drug-likeness (QED) is 0.554. The molecule has 1 aromatic heterocycles. The largest absolute Gasteiger partial charge is 0.451 e. The van der Waals surface area contributed by atoms with Gasteiger partial charge in [0.15, 0.2) is 0 Å². The van der Waals surface area contributed by atoms with E-state index in [4.69, 9.17) is 10.5 Å². The lowest BCUT2D eigenvalue weighted by Gasteiger charge is -2.26. The molecule has 7 nitrogen and oxygen atoms in total. The van der Waals surface area contributed by atoms with E-state index in [-0.39, 0.29) is 17.4 Å². The number of nitriles is 2. The van der Waals surface area contributed by atoms with Crippen molar-refractivity contribution in [3.8, 4) is 23.4 Å². The first-order valence-electron chi connectivity index (χ1n) is 11.3. The van der Waals surface area contributed by atoms with Crippen molar-refractivity contribution >= 4 is 11.7 Å². The van der Waals surface area contributed by atoms with Crippen LogP contribution in [-0.4, -0.2) is 35.0 Å². The summed E-state index contributed by atoms with van der Waals surface area (Å²) in [6.45, 7) is 0.734. The predicted octanol–water partition coefficient (Wildman–Crippen LogP) is 4.23. The molecule has 0 spiro atoms. The molecule has 1 N–H and O–H groups in total. The molecule has 1 aliphatic rings. The van der Waals surface area contributed by atoms with Crippen LogP contribution in [-0.2, 0) is 17.4 Å². The first kappa shape index (κ1) is 24.7. The van der Waals surface area contributed by atoms with E-state index in [1.807, 2.05) is 24.3 Å². The van der Waals surface area contributed by atoms with Crippen molar-refractivity contribution < 1.29 is 18.0 Å². The Morgan fingerprint density at radius 1 is 1.03 bits per heavy atom. The van der Waals surface area contributed by atoms with Crippen molar-refractivity contribution in [2.75, 3.05) is 18.0 Å². The molecule has 1 amide bonds. The Kier molecular flexibility index (Phi) is 7.16. The molecular weight excluding hydrogens is 469 g/mol. The molecule has 2 aromatic carbocycles. The summed E-state index contributed by atoms with van der Waals surface area (Å²) in [5.74, 6) is -1.54. The number of amides is 1. The molecule has 1 fully saturated rings. The first-order valence-corrected chi connectivity index (χ1v) is 11.3. The van der Waals surface area contributed by atoms with E-state index in [0.717, 1.165) is 5.56 Å². The maximum Gasteiger partial charge on any atom is 0.451 e. The Bertz CT molecular complexity index is 1320. The van der Waals surface area contributed by atoms with Crippen molar-refractivity contribution in [2.45, 2.75) is 31.5 Å². The van der Waals surface area contributed by atoms with Crippen molar-refractivity contribution in [3.63, 3.8) is 0 Å². The number of hydrogen-bond donors (Lipinski definition) is 1. The van der Waals surface area contributed by atoms with Gasteiger partial charge in [0.25, 0.3) is 0 Å². The fourth-order valence-corrected chi connectivity index (χ4v) is 4.08. The van der Waals surface area contributed by atoms with Crippen LogP contribution in [0.2, 0.25) is 0 Å². The fourth-order valence-electron chi connectivity index (χ4n) is 4.08. The second kappa shape index (κ2) is 10.4. The minimum atomic E-state index is -4.77. The Hall–Kier alpha value is -4.44. The van der Waals surface area contributed by atoms with Crippen LogP contribution in [0.15, 0.2) is 54.6 Å². The number of halogens is 3. The van der Waals surface area contributed by atoms with Crippen molar-refractivity contribution in [2.24, 2.45) is 0 Å². The van der Waals surface area contributed by atoms with Crippen LogP contribution in [0.1, 0.15) is 35.4 Å². The lowest BCUT2D eigenvalue weighted by atomic mass is 10.1. The van der Waals surface area contributed by atoms with Crippen LogP contribution < -0.4 is 10.2 Å². The number of hydrogen-bond acceptors (Lipinski definition) is 6. The molecule has 1 saturated heterocycles. The zero-order valence-electron chi connectivity index (χ0n) is 19.1. The van der Waals surface area contributed by atoms with Crippen LogP contribution in [0.3, 0.4) is 0 Å². The summed E-state index contributed by atoms with van der Waals surface area (Å²) in [5.41, 5.74) is 2.35. The summed E-state index contributed by atoms with van der Waals surface area (Å²) in [6.07, 6.45) is -3.10. The Balaban J connectivity index is 1.53. The molecule has 1 aliphatic heterocycles. The van der Waals surface area contributed by atoms with Crippen LogP contribution >= 0.6 is 0 Å². The monoisotopic (exact) mass is 490 g/mol. The average molecular weight is 490 g/mol. The smallest absolute Gasteiger partial charge is 0.354 e. The summed E-state index contributed by atoms with van der Waals surface area (Å²) >= 11 is 0. The third kappa shape index (κ3) is 5.61. The maximum atomic E-state index is 13.6. The van der Waals surface area contributed by atoms with Gasteiger partial charge in [-0.1, -0.05) is 24.3 Å². The Labute approximate surface area is 205 Å². The van der Waals surface area contributed by atoms with Crippen molar-refractivity contribution in [1.29, 1.82) is 10.5 Å². The van der Waals surface area contributed by atoms with E-state index >= 15 is 0 Å². The number of carbonyl (C=O) groups excluding carboxylic acids is 1. The number of anilines is 1. The maximum absolute atomic E-state index is 13.6. The van der Waals surface area contributed by atoms with Gasteiger partial charge in [-0.3, -0.25) is 4.79 Å². The Morgan fingerprint density at radius 2 is 1.67 bits per heavy atom. The lowest BCUT2D eigenvalue weighted by Crippen LogP contribution is -2.44. The molecule has 0 radical (unpaired) electrons. The second-order valence-electron chi connectivity index (χ2n) is 8.32. The number of rotatable bonds is 6. The molecule has 0 bridgehead atoms. The van der Waals surface area contributed by atoms with Gasteiger partial charge in [-0.15, -0.1) is 0 Å². The third-order valence-corrected chi connectivity index (χ3v) is 5.92. The zero-order chi connectivity index (χ0) is 25.7. The molecule has 0 saturated carbocycles. The standard InChI is InChI=1S/C26H21F3N6O/c27-26(28,29)25-33-21(20-9-7-19(16-31)8-10-20)14-23(34-25)35-13-1-2-22(35)24(36)32-12-11-17-3-5-18(15-30)6-4-17/h3-10,14,22H,1-2,11-13H2,(H,32,36). The van der Waals surface area contributed by atoms with Gasteiger partial charge in [-0.05, 0) is 49.1 Å². The molecule has 1 atom stereocenters. The predicted molar refractivity (Wildman–Crippen MR) is 125 cm³/mol. The highest BCUT2D eigenvalue weighted by Crippen LogP contribution is 2.33. The van der Waals surface area contributed by atoms with Gasteiger partial charge >= 0.3 is 6.18 Å². The lowest BCUT2D eigenvalue weighted by molar-refractivity contribution is -0.144. The van der Waals surface area contributed by atoms with Gasteiger partial charge in [0.05, 0.1) is 29.0 Å². The van der Waals surface area contributed by atoms with Crippen LogP contribution in [0.5, 0.6) is 0 Å². The Morgan fingerprint density at radius 3 is 2.28 bits per heavy atom. The number of aromatic nitrogens is 2. The van der Waals surface area contributed by atoms with Crippen molar-refractivity contribution in [1.82, 2.24) is 15.3 Å². The SMILES string of the molecule is N#Cc1ccc(CCNC(=O)C2CCCN2c2cc(-c3ccc(C#N)cc3)nc(C(F)(F)F)n2)cc1. The third-order valence-electron chi connectivity index (χ3n) is 5.92. The number of benzene rings is 2. The van der Waals surface area contributed by atoms with Gasteiger partial charge in [-0.2, -0.15) is 23.7 Å². The van der Waals surface area contributed by atoms with E-state index in [9.17, 15) is 18.0 Å². The van der Waals surface area contributed by atoms with E-state index in [0.29, 0.717) is 49.0 Å². The molecule has 4 rings (SSSR count). The minimum Gasteiger partial charge on any atom is -0.354 e. The molecule has 1 unspecified atom stereocenters. The molecule has 10 heteroatoms. The number of alkyl halides is 3. The van der Waals surface area contributed by atoms with Gasteiger partial charge in [0, 0.05) is 24.7 Å². The number of nitrogens with one attached hydrogen (secondary N) is 1. The van der Waals surface area contributed by atoms with E-state index in [1.54, 1.807) is 17.0 Å². The average Bonchev–Trinajstić information content (AvgIpc) is 3.39. The second-order valence-corrected chi connectivity index (χ2v) is 8.32. The zero-order valence-corrected chi connectivity index (χ0v) is 19.1. The summed E-state index contributed by atoms with van der Waals surface area (Å²) in [4.78, 5) is 22.0. The molecule has 182 valence electrons. The van der Waals surface area contributed by atoms with Gasteiger partial charge < -0.3 is 10.2 Å². The topological polar surface area (TPSA) is 106 Å². The van der Waals surface area contributed by atoms with E-state index < -0.39 is 18.0 Å². The van der Waals surface area contributed by atoms with Crippen molar-refractivity contribution in [3.05, 3.63) is 77.1 Å². The highest BCUT2D eigenvalue weighted by Gasteiger charge is 2.38. The molecule has 3 aromatic rings. The normalized spacial score (nSPS) is 15.2. The molecular formula is C26H21F3N6O. The van der Waals surface area contributed by atoms with Gasteiger partial charge in [-0.25, -0.2) is 9.97 Å². The number of carbonyl (C=O) groups is 1. The molecule has 0 aliphatic carbocycles. The van der Waals surface area contributed by atoms with Crippen LogP contribution in [0.4, 0.5) is 19.0 Å².